The molecule has 20 heavy (non-hydrogen) atoms. The van der Waals surface area contributed by atoms with Crippen LogP contribution in [0.1, 0.15) is 55.1 Å². The highest BCUT2D eigenvalue weighted by Crippen LogP contribution is 2.37. The molecule has 4 nitrogen and oxygen atoms in total. The van der Waals surface area contributed by atoms with E-state index in [1.54, 1.807) is 0 Å². The Bertz CT molecular complexity index is 496. The number of aliphatic hydroxyl groups is 1. The Morgan fingerprint density at radius 3 is 2.80 bits per heavy atom. The minimum atomic E-state index is -0.00653. The highest BCUT2D eigenvalue weighted by atomic mass is 79.9. The van der Waals surface area contributed by atoms with Crippen molar-refractivity contribution in [2.75, 3.05) is 6.61 Å². The molecule has 1 aromatic heterocycles. The number of amides is 1. The van der Waals surface area contributed by atoms with E-state index in [-0.39, 0.29) is 24.5 Å². The number of nitrogens with zero attached hydrogens (tertiary/aromatic N) is 1. The molecule has 2 aliphatic carbocycles. The van der Waals surface area contributed by atoms with Crippen molar-refractivity contribution < 1.29 is 9.90 Å². The topological polar surface area (TPSA) is 54.3 Å². The van der Waals surface area contributed by atoms with E-state index in [1.807, 2.05) is 12.3 Å². The van der Waals surface area contributed by atoms with Crippen molar-refractivity contribution in [1.82, 2.24) is 9.88 Å². The number of carbonyl (C=O) groups is 1. The second-order valence-electron chi connectivity index (χ2n) is 5.99. The van der Waals surface area contributed by atoms with Gasteiger partial charge in [-0.25, -0.2) is 0 Å². The van der Waals surface area contributed by atoms with Gasteiger partial charge in [0.15, 0.2) is 0 Å². The van der Waals surface area contributed by atoms with Crippen LogP contribution in [-0.2, 0) is 0 Å². The van der Waals surface area contributed by atoms with Crippen molar-refractivity contribution in [2.24, 2.45) is 5.92 Å². The second-order valence-corrected chi connectivity index (χ2v) is 6.90. The number of hydrogen-bond acceptors (Lipinski definition) is 2. The molecule has 3 rings (SSSR count). The van der Waals surface area contributed by atoms with Crippen molar-refractivity contribution in [3.8, 4) is 0 Å². The summed E-state index contributed by atoms with van der Waals surface area (Å²) in [6.45, 7) is 0.165. The van der Waals surface area contributed by atoms with Crippen LogP contribution in [0.15, 0.2) is 16.7 Å². The van der Waals surface area contributed by atoms with Gasteiger partial charge >= 0.3 is 0 Å². The molecule has 1 amide bonds. The van der Waals surface area contributed by atoms with E-state index in [9.17, 15) is 9.90 Å². The fraction of sp³-hybridized carbons (Fsp3) is 0.667. The second kappa shape index (κ2) is 5.90. The molecular weight excluding hydrogens is 320 g/mol. The number of aliphatic hydroxyl groups excluding tert-OH is 1. The molecule has 5 heteroatoms. The average molecular weight is 341 g/mol. The molecule has 0 saturated heterocycles. The number of carbonyl (C=O) groups excluding carboxylic acids is 1. The van der Waals surface area contributed by atoms with E-state index < -0.39 is 0 Å². The molecule has 2 saturated carbocycles. The van der Waals surface area contributed by atoms with Crippen molar-refractivity contribution in [3.05, 3.63) is 22.4 Å². The van der Waals surface area contributed by atoms with Gasteiger partial charge in [0.25, 0.3) is 5.91 Å². The van der Waals surface area contributed by atoms with Crippen molar-refractivity contribution in [3.63, 3.8) is 0 Å². The van der Waals surface area contributed by atoms with Crippen LogP contribution < -0.4 is 5.32 Å². The quantitative estimate of drug-likeness (QED) is 0.885. The summed E-state index contributed by atoms with van der Waals surface area (Å²) < 4.78 is 3.04. The number of hydrogen-bond donors (Lipinski definition) is 2. The van der Waals surface area contributed by atoms with Gasteiger partial charge in [-0.2, -0.15) is 0 Å². The van der Waals surface area contributed by atoms with Crippen molar-refractivity contribution in [1.29, 1.82) is 0 Å². The van der Waals surface area contributed by atoms with Crippen LogP contribution in [0.25, 0.3) is 0 Å². The first kappa shape index (κ1) is 14.1. The third kappa shape index (κ3) is 2.93. The van der Waals surface area contributed by atoms with Crippen LogP contribution >= 0.6 is 15.9 Å². The summed E-state index contributed by atoms with van der Waals surface area (Å²) in [7, 11) is 0. The van der Waals surface area contributed by atoms with Crippen LogP contribution in [0.2, 0.25) is 0 Å². The first-order valence-corrected chi connectivity index (χ1v) is 8.27. The number of aromatic nitrogens is 1. The Kier molecular flexibility index (Phi) is 4.17. The summed E-state index contributed by atoms with van der Waals surface area (Å²) >= 11 is 3.46. The zero-order valence-corrected chi connectivity index (χ0v) is 13.1. The van der Waals surface area contributed by atoms with E-state index >= 15 is 0 Å². The molecule has 0 aromatic carbocycles. The molecule has 110 valence electrons. The molecule has 2 N–H and O–H groups in total. The Morgan fingerprint density at radius 2 is 2.10 bits per heavy atom. The SMILES string of the molecule is O=C(NC1CCCCC1CO)c1cc(Br)cn1C1CC1. The highest BCUT2D eigenvalue weighted by molar-refractivity contribution is 9.10. The van der Waals surface area contributed by atoms with Crippen molar-refractivity contribution >= 4 is 21.8 Å². The van der Waals surface area contributed by atoms with Gasteiger partial charge in [0, 0.05) is 35.3 Å². The van der Waals surface area contributed by atoms with E-state index in [2.05, 4.69) is 25.8 Å². The van der Waals surface area contributed by atoms with Crippen LogP contribution in [0, 0.1) is 5.92 Å². The summed E-state index contributed by atoms with van der Waals surface area (Å²) in [6, 6.07) is 2.49. The Balaban J connectivity index is 1.72. The third-order valence-corrected chi connectivity index (χ3v) is 4.88. The number of nitrogens with one attached hydrogen (secondary N) is 1. The van der Waals surface area contributed by atoms with E-state index in [1.165, 1.54) is 0 Å². The van der Waals surface area contributed by atoms with Crippen LogP contribution in [0.4, 0.5) is 0 Å². The summed E-state index contributed by atoms with van der Waals surface area (Å²) in [4.78, 5) is 12.5. The van der Waals surface area contributed by atoms with Crippen LogP contribution in [-0.4, -0.2) is 28.2 Å². The first-order chi connectivity index (χ1) is 9.69. The van der Waals surface area contributed by atoms with Gasteiger partial charge in [-0.3, -0.25) is 4.79 Å². The normalized spacial score (nSPS) is 26.5. The third-order valence-electron chi connectivity index (χ3n) is 4.45. The lowest BCUT2D eigenvalue weighted by atomic mass is 9.85. The fourth-order valence-corrected chi connectivity index (χ4v) is 3.58. The molecule has 2 atom stereocenters. The molecule has 0 bridgehead atoms. The summed E-state index contributed by atoms with van der Waals surface area (Å²) in [5.41, 5.74) is 0.738. The molecule has 1 heterocycles. The lowest BCUT2D eigenvalue weighted by Crippen LogP contribution is -2.43. The van der Waals surface area contributed by atoms with E-state index in [0.29, 0.717) is 6.04 Å². The summed E-state index contributed by atoms with van der Waals surface area (Å²) in [5, 5.41) is 12.6. The average Bonchev–Trinajstić information content (AvgIpc) is 3.22. The molecule has 0 aliphatic heterocycles. The lowest BCUT2D eigenvalue weighted by Gasteiger charge is -2.30. The maximum Gasteiger partial charge on any atom is 0.268 e. The highest BCUT2D eigenvalue weighted by Gasteiger charge is 2.30. The van der Waals surface area contributed by atoms with Gasteiger partial charge in [0.1, 0.15) is 5.69 Å². The largest absolute Gasteiger partial charge is 0.396 e. The Labute approximate surface area is 127 Å². The van der Waals surface area contributed by atoms with E-state index in [4.69, 9.17) is 0 Å². The zero-order chi connectivity index (χ0) is 14.1. The maximum atomic E-state index is 12.5. The lowest BCUT2D eigenvalue weighted by molar-refractivity contribution is 0.0863. The van der Waals surface area contributed by atoms with Gasteiger partial charge in [-0.1, -0.05) is 12.8 Å². The van der Waals surface area contributed by atoms with Crippen molar-refractivity contribution in [2.45, 2.75) is 50.6 Å². The molecule has 1 aromatic rings. The fourth-order valence-electron chi connectivity index (χ4n) is 3.14. The number of halogens is 1. The summed E-state index contributed by atoms with van der Waals surface area (Å²) in [6.07, 6.45) is 8.58. The minimum absolute atomic E-state index is 0.00653. The standard InChI is InChI=1S/C15H21BrN2O2/c16-11-7-14(18(8-11)12-5-6-12)15(20)17-13-4-2-1-3-10(13)9-19/h7-8,10,12-13,19H,1-6,9H2,(H,17,20). The molecule has 0 radical (unpaired) electrons. The molecular formula is C15H21BrN2O2. The molecule has 2 unspecified atom stereocenters. The molecule has 2 aliphatic rings. The Morgan fingerprint density at radius 1 is 1.35 bits per heavy atom. The zero-order valence-electron chi connectivity index (χ0n) is 11.5. The summed E-state index contributed by atoms with van der Waals surface area (Å²) in [5.74, 6) is 0.202. The molecule has 2 fully saturated rings. The molecule has 0 spiro atoms. The van der Waals surface area contributed by atoms with Gasteiger partial charge in [0.2, 0.25) is 0 Å². The van der Waals surface area contributed by atoms with E-state index in [0.717, 1.165) is 48.7 Å². The first-order valence-electron chi connectivity index (χ1n) is 7.48. The smallest absolute Gasteiger partial charge is 0.268 e. The predicted octanol–water partition coefficient (Wildman–Crippen LogP) is 2.87. The number of rotatable bonds is 4. The van der Waals surface area contributed by atoms with Gasteiger partial charge in [-0.15, -0.1) is 0 Å². The van der Waals surface area contributed by atoms with Crippen LogP contribution in [0.3, 0.4) is 0 Å². The van der Waals surface area contributed by atoms with Gasteiger partial charge in [-0.05, 0) is 47.7 Å². The monoisotopic (exact) mass is 340 g/mol. The predicted molar refractivity (Wildman–Crippen MR) is 80.7 cm³/mol. The minimum Gasteiger partial charge on any atom is -0.396 e. The van der Waals surface area contributed by atoms with Gasteiger partial charge in [0.05, 0.1) is 0 Å². The van der Waals surface area contributed by atoms with Crippen LogP contribution in [0.5, 0.6) is 0 Å². The Hall–Kier alpha value is -0.810. The maximum absolute atomic E-state index is 12.5. The van der Waals surface area contributed by atoms with Gasteiger partial charge < -0.3 is 15.0 Å².